The number of alkyl halides is 3. The second-order valence-electron chi connectivity index (χ2n) is 4.93. The molecule has 2 rings (SSSR count). The van der Waals surface area contributed by atoms with Gasteiger partial charge in [0.2, 0.25) is 0 Å². The first-order valence-corrected chi connectivity index (χ1v) is 7.85. The third-order valence-electron chi connectivity index (χ3n) is 3.42. The van der Waals surface area contributed by atoms with Crippen LogP contribution >= 0.6 is 0 Å². The molecular formula is C14H13F3O4S. The minimum Gasteiger partial charge on any atom is -0.376 e. The summed E-state index contributed by atoms with van der Waals surface area (Å²) in [6, 6.07) is 3.52. The molecular weight excluding hydrogens is 321 g/mol. The Morgan fingerprint density at radius 1 is 1.36 bits per heavy atom. The summed E-state index contributed by atoms with van der Waals surface area (Å²) in [5.41, 5.74) is -4.62. The van der Waals surface area contributed by atoms with Crippen LogP contribution < -0.4 is 4.18 Å². The predicted octanol–water partition coefficient (Wildman–Crippen LogP) is 3.24. The molecule has 0 saturated heterocycles. The van der Waals surface area contributed by atoms with Gasteiger partial charge >= 0.3 is 15.6 Å². The van der Waals surface area contributed by atoms with E-state index in [9.17, 15) is 26.4 Å². The highest BCUT2D eigenvalue weighted by Gasteiger charge is 2.48. The Hall–Kier alpha value is -1.83. The van der Waals surface area contributed by atoms with Crippen molar-refractivity contribution >= 4 is 15.9 Å². The highest BCUT2D eigenvalue weighted by atomic mass is 32.2. The van der Waals surface area contributed by atoms with Crippen molar-refractivity contribution < 1.29 is 30.6 Å². The molecule has 0 saturated carbocycles. The molecule has 1 aromatic rings. The molecule has 0 fully saturated rings. The molecule has 120 valence electrons. The molecule has 22 heavy (non-hydrogen) atoms. The molecule has 1 aromatic carbocycles. The number of aryl methyl sites for hydroxylation is 1. The molecule has 1 atom stereocenters. The quantitative estimate of drug-likeness (QED) is 0.482. The summed E-state index contributed by atoms with van der Waals surface area (Å²) in [5.74, 6) is -0.770. The third-order valence-corrected chi connectivity index (χ3v) is 4.39. The van der Waals surface area contributed by atoms with Crippen molar-refractivity contribution in [3.8, 4) is 5.75 Å². The maximum Gasteiger partial charge on any atom is 0.534 e. The summed E-state index contributed by atoms with van der Waals surface area (Å²) in [7, 11) is -5.71. The minimum atomic E-state index is -5.71. The molecule has 0 spiro atoms. The van der Waals surface area contributed by atoms with E-state index < -0.39 is 21.4 Å². The number of benzene rings is 1. The summed E-state index contributed by atoms with van der Waals surface area (Å²) < 4.78 is 62.8. The fourth-order valence-electron chi connectivity index (χ4n) is 2.35. The van der Waals surface area contributed by atoms with Crippen LogP contribution in [-0.4, -0.2) is 19.7 Å². The van der Waals surface area contributed by atoms with Crippen LogP contribution in [0.2, 0.25) is 0 Å². The van der Waals surface area contributed by atoms with Gasteiger partial charge in [-0.25, -0.2) is 0 Å². The average Bonchev–Trinajstić information content (AvgIpc) is 2.40. The van der Waals surface area contributed by atoms with Gasteiger partial charge in [0.1, 0.15) is 5.75 Å². The van der Waals surface area contributed by atoms with Crippen molar-refractivity contribution in [1.29, 1.82) is 0 Å². The number of Topliss-reactive ketones (excluding diaryl/α,β-unsaturated/α-hetero) is 1. The van der Waals surface area contributed by atoms with E-state index in [2.05, 4.69) is 10.8 Å². The molecule has 0 heterocycles. The summed E-state index contributed by atoms with van der Waals surface area (Å²) in [5, 5.41) is 0. The van der Waals surface area contributed by atoms with Crippen molar-refractivity contribution in [1.82, 2.24) is 0 Å². The zero-order valence-corrected chi connectivity index (χ0v) is 12.2. The van der Waals surface area contributed by atoms with Gasteiger partial charge in [-0.15, -0.1) is 6.58 Å². The topological polar surface area (TPSA) is 60.4 Å². The maximum atomic E-state index is 12.3. The standard InChI is InChI=1S/C14H13F3O4S/c1-2-3-9-4-5-10-8-11(6-7-12(10)13(9)18)21-22(19,20)14(15,16)17/h2,6-9H,1,3-5H2. The molecule has 1 aliphatic carbocycles. The van der Waals surface area contributed by atoms with Crippen LogP contribution in [0, 0.1) is 5.92 Å². The lowest BCUT2D eigenvalue weighted by Crippen LogP contribution is -2.28. The average molecular weight is 334 g/mol. The fourth-order valence-corrected chi connectivity index (χ4v) is 2.80. The summed E-state index contributed by atoms with van der Waals surface area (Å²) >= 11 is 0. The minimum absolute atomic E-state index is 0.119. The molecule has 0 aromatic heterocycles. The Labute approximate surface area is 125 Å². The highest BCUT2D eigenvalue weighted by Crippen LogP contribution is 2.32. The van der Waals surface area contributed by atoms with Gasteiger partial charge in [-0.1, -0.05) is 6.08 Å². The van der Waals surface area contributed by atoms with E-state index in [1.807, 2.05) is 0 Å². The number of allylic oxidation sites excluding steroid dienone is 1. The van der Waals surface area contributed by atoms with Crippen molar-refractivity contribution in [3.05, 3.63) is 42.0 Å². The molecule has 0 N–H and O–H groups in total. The monoisotopic (exact) mass is 334 g/mol. The number of hydrogen-bond donors (Lipinski definition) is 0. The summed E-state index contributed by atoms with van der Waals surface area (Å²) in [4.78, 5) is 12.2. The Balaban J connectivity index is 2.28. The second-order valence-corrected chi connectivity index (χ2v) is 6.46. The number of rotatable bonds is 4. The van der Waals surface area contributed by atoms with Gasteiger partial charge in [-0.3, -0.25) is 4.79 Å². The molecule has 0 aliphatic heterocycles. The molecule has 0 radical (unpaired) electrons. The smallest absolute Gasteiger partial charge is 0.376 e. The molecule has 8 heteroatoms. The van der Waals surface area contributed by atoms with Crippen molar-refractivity contribution in [2.45, 2.75) is 24.8 Å². The van der Waals surface area contributed by atoms with Crippen LogP contribution in [0.5, 0.6) is 5.75 Å². The number of carbonyl (C=O) groups is 1. The Bertz CT molecular complexity index is 707. The van der Waals surface area contributed by atoms with E-state index in [0.717, 1.165) is 6.07 Å². The molecule has 4 nitrogen and oxygen atoms in total. The van der Waals surface area contributed by atoms with Crippen molar-refractivity contribution in [2.24, 2.45) is 5.92 Å². The van der Waals surface area contributed by atoms with Crippen LogP contribution in [0.25, 0.3) is 0 Å². The van der Waals surface area contributed by atoms with E-state index in [-0.39, 0.29) is 11.7 Å². The van der Waals surface area contributed by atoms with E-state index in [1.54, 1.807) is 6.08 Å². The third kappa shape index (κ3) is 3.16. The Morgan fingerprint density at radius 2 is 2.05 bits per heavy atom. The number of halogens is 3. The first kappa shape index (κ1) is 16.5. The number of fused-ring (bicyclic) bond motifs is 1. The Kier molecular flexibility index (Phi) is 4.32. The van der Waals surface area contributed by atoms with E-state index >= 15 is 0 Å². The number of ketones is 1. The lowest BCUT2D eigenvalue weighted by atomic mass is 9.81. The first-order valence-electron chi connectivity index (χ1n) is 6.44. The predicted molar refractivity (Wildman–Crippen MR) is 73.0 cm³/mol. The van der Waals surface area contributed by atoms with Crippen molar-refractivity contribution in [2.75, 3.05) is 0 Å². The SMILES string of the molecule is C=CCC1CCc2cc(OS(=O)(=O)C(F)(F)F)ccc2C1=O. The lowest BCUT2D eigenvalue weighted by molar-refractivity contribution is -0.0500. The van der Waals surface area contributed by atoms with E-state index in [1.165, 1.54) is 12.1 Å². The lowest BCUT2D eigenvalue weighted by Gasteiger charge is -2.22. The van der Waals surface area contributed by atoms with Gasteiger partial charge in [0.05, 0.1) is 0 Å². The zero-order chi connectivity index (χ0) is 16.5. The number of carbonyl (C=O) groups excluding carboxylic acids is 1. The van der Waals surface area contributed by atoms with Gasteiger partial charge in [-0.05, 0) is 43.0 Å². The van der Waals surface area contributed by atoms with Gasteiger partial charge in [0.15, 0.2) is 5.78 Å². The first-order chi connectivity index (χ1) is 10.2. The molecule has 1 aliphatic rings. The largest absolute Gasteiger partial charge is 0.534 e. The normalized spacial score (nSPS) is 18.7. The maximum absolute atomic E-state index is 12.3. The van der Waals surface area contributed by atoms with Gasteiger partial charge < -0.3 is 4.18 Å². The van der Waals surface area contributed by atoms with Crippen LogP contribution in [0.4, 0.5) is 13.2 Å². The number of hydrogen-bond acceptors (Lipinski definition) is 4. The van der Waals surface area contributed by atoms with E-state index in [0.29, 0.717) is 30.4 Å². The molecule has 0 amide bonds. The summed E-state index contributed by atoms with van der Waals surface area (Å²) in [6.07, 6.45) is 3.16. The second kappa shape index (κ2) is 5.75. The fraction of sp³-hybridized carbons (Fsp3) is 0.357. The molecule has 1 unspecified atom stereocenters. The van der Waals surface area contributed by atoms with E-state index in [4.69, 9.17) is 0 Å². The van der Waals surface area contributed by atoms with Gasteiger partial charge in [0.25, 0.3) is 0 Å². The zero-order valence-electron chi connectivity index (χ0n) is 11.4. The van der Waals surface area contributed by atoms with Gasteiger partial charge in [-0.2, -0.15) is 21.6 Å². The Morgan fingerprint density at radius 3 is 2.64 bits per heavy atom. The van der Waals surface area contributed by atoms with Crippen molar-refractivity contribution in [3.63, 3.8) is 0 Å². The van der Waals surface area contributed by atoms with Crippen LogP contribution in [0.1, 0.15) is 28.8 Å². The van der Waals surface area contributed by atoms with Crippen LogP contribution in [0.15, 0.2) is 30.9 Å². The molecule has 0 bridgehead atoms. The van der Waals surface area contributed by atoms with Crippen LogP contribution in [0.3, 0.4) is 0 Å². The van der Waals surface area contributed by atoms with Crippen LogP contribution in [-0.2, 0) is 16.5 Å². The summed E-state index contributed by atoms with van der Waals surface area (Å²) in [6.45, 7) is 3.58. The highest BCUT2D eigenvalue weighted by molar-refractivity contribution is 7.88. The van der Waals surface area contributed by atoms with Gasteiger partial charge in [0, 0.05) is 11.5 Å².